The zero-order valence-electron chi connectivity index (χ0n) is 15.5. The van der Waals surface area contributed by atoms with Crippen LogP contribution in [0.2, 0.25) is 0 Å². The lowest BCUT2D eigenvalue weighted by molar-refractivity contribution is 0.112. The van der Waals surface area contributed by atoms with Crippen molar-refractivity contribution in [2.24, 2.45) is 15.8 Å². The molecule has 27 heavy (non-hydrogen) atoms. The Hall–Kier alpha value is -3.15. The third-order valence-corrected chi connectivity index (χ3v) is 4.60. The molecule has 1 saturated heterocycles. The Kier molecular flexibility index (Phi) is 6.20. The van der Waals surface area contributed by atoms with Crippen molar-refractivity contribution in [3.8, 4) is 0 Å². The SMILES string of the molecule is CC(N=C(N)NN=C(c1ccc(C=O)cc1)N1CCCC1)c1ccccc1. The number of aliphatic imine (C=N–C) groups is 1. The minimum Gasteiger partial charge on any atom is -0.369 e. The molecule has 0 saturated carbocycles. The second-order valence-electron chi connectivity index (χ2n) is 6.58. The molecule has 3 rings (SSSR count). The maximum Gasteiger partial charge on any atom is 0.210 e. The molecular weight excluding hydrogens is 338 g/mol. The maximum atomic E-state index is 10.9. The molecule has 1 heterocycles. The number of hydrogen-bond donors (Lipinski definition) is 2. The third kappa shape index (κ3) is 4.94. The second-order valence-corrected chi connectivity index (χ2v) is 6.58. The van der Waals surface area contributed by atoms with Crippen LogP contribution in [-0.2, 0) is 0 Å². The highest BCUT2D eigenvalue weighted by Gasteiger charge is 2.18. The summed E-state index contributed by atoms with van der Waals surface area (Å²) in [6.45, 7) is 3.90. The summed E-state index contributed by atoms with van der Waals surface area (Å²) in [6, 6.07) is 17.3. The largest absolute Gasteiger partial charge is 0.369 e. The quantitative estimate of drug-likeness (QED) is 0.370. The molecule has 0 amide bonds. The first-order valence-corrected chi connectivity index (χ1v) is 9.20. The zero-order chi connectivity index (χ0) is 19.1. The van der Waals surface area contributed by atoms with Gasteiger partial charge in [-0.2, -0.15) is 5.10 Å². The fourth-order valence-electron chi connectivity index (χ4n) is 3.11. The lowest BCUT2D eigenvalue weighted by Crippen LogP contribution is -2.34. The number of aldehydes is 1. The minimum atomic E-state index is -0.0592. The first-order valence-electron chi connectivity index (χ1n) is 9.20. The van der Waals surface area contributed by atoms with Crippen LogP contribution < -0.4 is 11.2 Å². The molecule has 2 aromatic carbocycles. The van der Waals surface area contributed by atoms with Crippen molar-refractivity contribution in [2.75, 3.05) is 13.1 Å². The fourth-order valence-corrected chi connectivity index (χ4v) is 3.11. The number of guanidine groups is 1. The summed E-state index contributed by atoms with van der Waals surface area (Å²) in [6.07, 6.45) is 3.12. The molecule has 140 valence electrons. The smallest absolute Gasteiger partial charge is 0.210 e. The minimum absolute atomic E-state index is 0.0592. The average Bonchev–Trinajstić information content (AvgIpc) is 3.24. The molecule has 1 atom stereocenters. The number of amidine groups is 1. The molecule has 3 N–H and O–H groups in total. The lowest BCUT2D eigenvalue weighted by atomic mass is 10.1. The highest BCUT2D eigenvalue weighted by atomic mass is 16.1. The van der Waals surface area contributed by atoms with Gasteiger partial charge in [0.05, 0.1) is 6.04 Å². The van der Waals surface area contributed by atoms with Crippen molar-refractivity contribution in [3.05, 3.63) is 71.3 Å². The van der Waals surface area contributed by atoms with Gasteiger partial charge in [-0.1, -0.05) is 54.6 Å². The van der Waals surface area contributed by atoms with Crippen LogP contribution in [0.4, 0.5) is 0 Å². The average molecular weight is 363 g/mol. The van der Waals surface area contributed by atoms with E-state index in [-0.39, 0.29) is 12.0 Å². The Bertz CT molecular complexity index is 808. The van der Waals surface area contributed by atoms with E-state index in [1.165, 1.54) is 0 Å². The topological polar surface area (TPSA) is 83.1 Å². The van der Waals surface area contributed by atoms with Crippen molar-refractivity contribution in [2.45, 2.75) is 25.8 Å². The van der Waals surface area contributed by atoms with E-state index in [2.05, 4.69) is 20.4 Å². The van der Waals surface area contributed by atoms with E-state index in [9.17, 15) is 4.79 Å². The maximum absolute atomic E-state index is 10.9. The highest BCUT2D eigenvalue weighted by molar-refractivity contribution is 6.00. The van der Waals surface area contributed by atoms with Crippen LogP contribution in [-0.4, -0.2) is 36.1 Å². The molecule has 0 aromatic heterocycles. The van der Waals surface area contributed by atoms with Crippen LogP contribution in [0.3, 0.4) is 0 Å². The summed E-state index contributed by atoms with van der Waals surface area (Å²) in [5.74, 6) is 1.09. The van der Waals surface area contributed by atoms with Gasteiger partial charge in [0.15, 0.2) is 5.84 Å². The summed E-state index contributed by atoms with van der Waals surface area (Å²) in [7, 11) is 0. The van der Waals surface area contributed by atoms with Crippen LogP contribution in [0, 0.1) is 0 Å². The van der Waals surface area contributed by atoms with Crippen LogP contribution in [0.25, 0.3) is 0 Å². The molecule has 2 aromatic rings. The zero-order valence-corrected chi connectivity index (χ0v) is 15.5. The fraction of sp³-hybridized carbons (Fsp3) is 0.286. The second kappa shape index (κ2) is 8.98. The first kappa shape index (κ1) is 18.6. The Balaban J connectivity index is 1.78. The molecule has 0 radical (unpaired) electrons. The van der Waals surface area contributed by atoms with Gasteiger partial charge in [-0.05, 0) is 25.3 Å². The van der Waals surface area contributed by atoms with Gasteiger partial charge in [-0.3, -0.25) is 4.79 Å². The first-order chi connectivity index (χ1) is 13.2. The van der Waals surface area contributed by atoms with E-state index in [4.69, 9.17) is 5.73 Å². The van der Waals surface area contributed by atoms with Gasteiger partial charge >= 0.3 is 0 Å². The van der Waals surface area contributed by atoms with Crippen LogP contribution in [0.1, 0.15) is 47.3 Å². The van der Waals surface area contributed by atoms with Gasteiger partial charge in [-0.15, -0.1) is 0 Å². The van der Waals surface area contributed by atoms with Crippen LogP contribution in [0.5, 0.6) is 0 Å². The molecule has 6 heteroatoms. The number of nitrogens with one attached hydrogen (secondary N) is 1. The van der Waals surface area contributed by atoms with E-state index in [0.29, 0.717) is 5.56 Å². The lowest BCUT2D eigenvalue weighted by Gasteiger charge is -2.20. The van der Waals surface area contributed by atoms with Gasteiger partial charge in [0.25, 0.3) is 0 Å². The van der Waals surface area contributed by atoms with E-state index in [1.807, 2.05) is 49.4 Å². The Labute approximate surface area is 159 Å². The van der Waals surface area contributed by atoms with Crippen molar-refractivity contribution in [1.82, 2.24) is 10.3 Å². The Morgan fingerprint density at radius 3 is 2.41 bits per heavy atom. The number of carbonyl (C=O) groups is 1. The number of nitrogens with zero attached hydrogens (tertiary/aromatic N) is 3. The summed E-state index contributed by atoms with van der Waals surface area (Å²) < 4.78 is 0. The third-order valence-electron chi connectivity index (χ3n) is 4.60. The van der Waals surface area contributed by atoms with Crippen molar-refractivity contribution < 1.29 is 4.79 Å². The molecule has 6 nitrogen and oxygen atoms in total. The van der Waals surface area contributed by atoms with E-state index >= 15 is 0 Å². The molecule has 1 aliphatic rings. The summed E-state index contributed by atoms with van der Waals surface area (Å²) in [4.78, 5) is 17.6. The number of hydrazone groups is 1. The summed E-state index contributed by atoms with van der Waals surface area (Å²) in [5.41, 5.74) is 11.6. The van der Waals surface area contributed by atoms with Crippen molar-refractivity contribution in [1.29, 1.82) is 0 Å². The van der Waals surface area contributed by atoms with E-state index in [1.54, 1.807) is 12.1 Å². The number of rotatable bonds is 5. The summed E-state index contributed by atoms with van der Waals surface area (Å²) >= 11 is 0. The normalized spacial score (nSPS) is 16.3. The van der Waals surface area contributed by atoms with Crippen molar-refractivity contribution in [3.63, 3.8) is 0 Å². The number of hydrogen-bond acceptors (Lipinski definition) is 3. The monoisotopic (exact) mass is 363 g/mol. The van der Waals surface area contributed by atoms with Gasteiger partial charge < -0.3 is 10.6 Å². The summed E-state index contributed by atoms with van der Waals surface area (Å²) in [5, 5.41) is 4.53. The predicted molar refractivity (Wildman–Crippen MR) is 109 cm³/mol. The van der Waals surface area contributed by atoms with Gasteiger partial charge in [0.1, 0.15) is 6.29 Å². The molecule has 0 aliphatic carbocycles. The van der Waals surface area contributed by atoms with Crippen molar-refractivity contribution >= 4 is 18.1 Å². The predicted octanol–water partition coefficient (Wildman–Crippen LogP) is 2.92. The number of carbonyl (C=O) groups excluding carboxylic acids is 1. The number of benzene rings is 2. The van der Waals surface area contributed by atoms with Crippen LogP contribution in [0.15, 0.2) is 64.7 Å². The van der Waals surface area contributed by atoms with Gasteiger partial charge in [0.2, 0.25) is 5.96 Å². The molecule has 0 bridgehead atoms. The molecule has 1 aliphatic heterocycles. The Morgan fingerprint density at radius 1 is 1.11 bits per heavy atom. The van der Waals surface area contributed by atoms with E-state index in [0.717, 1.165) is 49.2 Å². The molecule has 1 fully saturated rings. The number of likely N-dealkylation sites (tertiary alicyclic amines) is 1. The molecule has 0 spiro atoms. The van der Waals surface area contributed by atoms with Gasteiger partial charge in [-0.25, -0.2) is 10.4 Å². The molecule has 1 unspecified atom stereocenters. The Morgan fingerprint density at radius 2 is 1.78 bits per heavy atom. The van der Waals surface area contributed by atoms with E-state index < -0.39 is 0 Å². The standard InChI is InChI=1S/C21H25N5O/c1-16(18-7-3-2-4-8-18)23-21(22)25-24-20(26-13-5-6-14-26)19-11-9-17(15-27)10-12-19/h2-4,7-12,15-16H,5-6,13-14H2,1H3,(H3,22,23,25). The van der Waals surface area contributed by atoms with Gasteiger partial charge in [0, 0.05) is 24.2 Å². The molecular formula is C21H25N5O. The highest BCUT2D eigenvalue weighted by Crippen LogP contribution is 2.16. The number of nitrogens with two attached hydrogens (primary N) is 1. The van der Waals surface area contributed by atoms with Crippen LogP contribution >= 0.6 is 0 Å².